The molecule has 0 spiro atoms. The number of carbonyl (C=O) groups excluding carboxylic acids is 1. The number of ether oxygens (including phenoxy) is 2. The summed E-state index contributed by atoms with van der Waals surface area (Å²) >= 11 is 0. The van der Waals surface area contributed by atoms with Gasteiger partial charge in [-0.3, -0.25) is 0 Å². The molecule has 2 amide bonds. The quantitative estimate of drug-likeness (QED) is 0.841. The molecule has 3 rings (SSSR count). The molecule has 6 nitrogen and oxygen atoms in total. The molecule has 0 unspecified atom stereocenters. The number of urea groups is 1. The minimum absolute atomic E-state index is 0.0311. The Balaban J connectivity index is 1.41. The lowest BCUT2D eigenvalue weighted by molar-refractivity contribution is 0.0520. The molecule has 1 aromatic carbocycles. The van der Waals surface area contributed by atoms with E-state index >= 15 is 0 Å². The van der Waals surface area contributed by atoms with Crippen molar-refractivity contribution in [2.24, 2.45) is 0 Å². The summed E-state index contributed by atoms with van der Waals surface area (Å²) in [5, 5.41) is 11.7. The van der Waals surface area contributed by atoms with Crippen LogP contribution in [0.3, 0.4) is 0 Å². The molecule has 128 valence electrons. The molecule has 2 heterocycles. The van der Waals surface area contributed by atoms with E-state index in [1.54, 1.807) is 24.3 Å². The number of amides is 2. The van der Waals surface area contributed by atoms with Gasteiger partial charge in [0.1, 0.15) is 12.4 Å². The van der Waals surface area contributed by atoms with E-state index in [4.69, 9.17) is 14.7 Å². The smallest absolute Gasteiger partial charge is 0.317 e. The second-order valence-corrected chi connectivity index (χ2v) is 6.17. The van der Waals surface area contributed by atoms with Crippen LogP contribution in [0.1, 0.15) is 31.2 Å². The van der Waals surface area contributed by atoms with Crippen LogP contribution in [0.4, 0.5) is 4.79 Å². The van der Waals surface area contributed by atoms with Crippen molar-refractivity contribution in [1.29, 1.82) is 5.26 Å². The number of nitrogens with one attached hydrogen (secondary N) is 1. The van der Waals surface area contributed by atoms with Crippen molar-refractivity contribution in [1.82, 2.24) is 10.2 Å². The Morgan fingerprint density at radius 1 is 1.33 bits per heavy atom. The summed E-state index contributed by atoms with van der Waals surface area (Å²) in [6.45, 7) is 2.46. The van der Waals surface area contributed by atoms with E-state index < -0.39 is 0 Å². The fraction of sp³-hybridized carbons (Fsp3) is 0.556. The van der Waals surface area contributed by atoms with Gasteiger partial charge in [0.05, 0.1) is 30.3 Å². The standard InChI is InChI=1S/C18H23N3O3/c19-13-14-5-7-15(8-6-14)23-12-9-20-18(22)21-10-1-3-16(21)17-4-2-11-24-17/h5-8,16-17H,1-4,9-12H2,(H,20,22)/t16-,17+/m0/s1. The summed E-state index contributed by atoms with van der Waals surface area (Å²) in [5.41, 5.74) is 0.602. The molecule has 24 heavy (non-hydrogen) atoms. The summed E-state index contributed by atoms with van der Waals surface area (Å²) in [4.78, 5) is 14.3. The predicted molar refractivity (Wildman–Crippen MR) is 88.8 cm³/mol. The van der Waals surface area contributed by atoms with Crippen molar-refractivity contribution in [2.45, 2.75) is 37.8 Å². The molecule has 0 saturated carbocycles. The van der Waals surface area contributed by atoms with E-state index in [0.29, 0.717) is 24.5 Å². The van der Waals surface area contributed by atoms with Crippen molar-refractivity contribution >= 4 is 6.03 Å². The minimum Gasteiger partial charge on any atom is -0.492 e. The zero-order chi connectivity index (χ0) is 16.8. The average molecular weight is 329 g/mol. The first-order chi connectivity index (χ1) is 11.8. The maximum atomic E-state index is 12.4. The number of benzene rings is 1. The molecule has 2 aliphatic rings. The molecule has 0 aliphatic carbocycles. The van der Waals surface area contributed by atoms with Crippen LogP contribution >= 0.6 is 0 Å². The van der Waals surface area contributed by atoms with Crippen LogP contribution in [0.2, 0.25) is 0 Å². The first-order valence-electron chi connectivity index (χ1n) is 8.57. The van der Waals surface area contributed by atoms with Crippen LogP contribution in [0, 0.1) is 11.3 Å². The van der Waals surface area contributed by atoms with Crippen molar-refractivity contribution in [3.05, 3.63) is 29.8 Å². The third-order valence-corrected chi connectivity index (χ3v) is 4.58. The molecule has 2 fully saturated rings. The van der Waals surface area contributed by atoms with Gasteiger partial charge < -0.3 is 19.7 Å². The number of nitrogens with zero attached hydrogens (tertiary/aromatic N) is 2. The van der Waals surface area contributed by atoms with Crippen molar-refractivity contribution in [3.8, 4) is 11.8 Å². The lowest BCUT2D eigenvalue weighted by Crippen LogP contribution is -2.48. The molecule has 1 aromatic rings. The van der Waals surface area contributed by atoms with E-state index in [9.17, 15) is 4.79 Å². The SMILES string of the molecule is N#Cc1ccc(OCCNC(=O)N2CCC[C@H]2[C@H]2CCCO2)cc1. The van der Waals surface area contributed by atoms with Gasteiger partial charge in [-0.05, 0) is 49.9 Å². The van der Waals surface area contributed by atoms with Gasteiger partial charge in [0, 0.05) is 13.2 Å². The van der Waals surface area contributed by atoms with Crippen molar-refractivity contribution in [2.75, 3.05) is 26.3 Å². The van der Waals surface area contributed by atoms with E-state index in [1.165, 1.54) is 0 Å². The van der Waals surface area contributed by atoms with Crippen LogP contribution < -0.4 is 10.1 Å². The van der Waals surface area contributed by atoms with Crippen LogP contribution in [0.15, 0.2) is 24.3 Å². The number of hydrogen-bond acceptors (Lipinski definition) is 4. The van der Waals surface area contributed by atoms with Crippen LogP contribution in [-0.2, 0) is 4.74 Å². The second-order valence-electron chi connectivity index (χ2n) is 6.17. The van der Waals surface area contributed by atoms with Gasteiger partial charge >= 0.3 is 6.03 Å². The molecule has 1 N–H and O–H groups in total. The topological polar surface area (TPSA) is 74.6 Å². The van der Waals surface area contributed by atoms with E-state index in [2.05, 4.69) is 11.4 Å². The molecule has 0 aromatic heterocycles. The highest BCUT2D eigenvalue weighted by molar-refractivity contribution is 5.74. The fourth-order valence-corrected chi connectivity index (χ4v) is 3.39. The second kappa shape index (κ2) is 8.02. The number of rotatable bonds is 5. The first kappa shape index (κ1) is 16.6. The Hall–Kier alpha value is -2.26. The molecular weight excluding hydrogens is 306 g/mol. The Morgan fingerprint density at radius 2 is 2.17 bits per heavy atom. The largest absolute Gasteiger partial charge is 0.492 e. The van der Waals surface area contributed by atoms with Crippen LogP contribution in [0.5, 0.6) is 5.75 Å². The van der Waals surface area contributed by atoms with Crippen molar-refractivity contribution in [3.63, 3.8) is 0 Å². The third-order valence-electron chi connectivity index (χ3n) is 4.58. The van der Waals surface area contributed by atoms with Gasteiger partial charge in [-0.25, -0.2) is 4.79 Å². The maximum Gasteiger partial charge on any atom is 0.317 e. The zero-order valence-electron chi connectivity index (χ0n) is 13.7. The molecule has 2 atom stereocenters. The average Bonchev–Trinajstić information content (AvgIpc) is 3.29. The predicted octanol–water partition coefficient (Wildman–Crippen LogP) is 2.29. The Morgan fingerprint density at radius 3 is 2.88 bits per heavy atom. The molecule has 2 saturated heterocycles. The highest BCUT2D eigenvalue weighted by Gasteiger charge is 2.36. The normalized spacial score (nSPS) is 23.0. The number of hydrogen-bond donors (Lipinski definition) is 1. The van der Waals surface area contributed by atoms with Gasteiger partial charge in [-0.15, -0.1) is 0 Å². The van der Waals surface area contributed by atoms with Gasteiger partial charge in [0.2, 0.25) is 0 Å². The third kappa shape index (κ3) is 3.98. The van der Waals surface area contributed by atoms with Gasteiger partial charge in [-0.1, -0.05) is 0 Å². The van der Waals surface area contributed by atoms with Gasteiger partial charge in [0.15, 0.2) is 0 Å². The lowest BCUT2D eigenvalue weighted by Gasteiger charge is -2.29. The van der Waals surface area contributed by atoms with Gasteiger partial charge in [-0.2, -0.15) is 5.26 Å². The van der Waals surface area contributed by atoms with Crippen molar-refractivity contribution < 1.29 is 14.3 Å². The highest BCUT2D eigenvalue weighted by Crippen LogP contribution is 2.27. The fourth-order valence-electron chi connectivity index (χ4n) is 3.39. The molecule has 2 aliphatic heterocycles. The lowest BCUT2D eigenvalue weighted by atomic mass is 10.1. The summed E-state index contributed by atoms with van der Waals surface area (Å²) in [6.07, 6.45) is 4.42. The molecule has 6 heteroatoms. The molecule has 0 bridgehead atoms. The summed E-state index contributed by atoms with van der Waals surface area (Å²) < 4.78 is 11.3. The monoisotopic (exact) mass is 329 g/mol. The van der Waals surface area contributed by atoms with Crippen LogP contribution in [0.25, 0.3) is 0 Å². The minimum atomic E-state index is -0.0311. The zero-order valence-corrected chi connectivity index (χ0v) is 13.7. The number of nitriles is 1. The Kier molecular flexibility index (Phi) is 5.55. The highest BCUT2D eigenvalue weighted by atomic mass is 16.5. The van der Waals surface area contributed by atoms with Gasteiger partial charge in [0.25, 0.3) is 0 Å². The Bertz CT molecular complexity index is 591. The van der Waals surface area contributed by atoms with E-state index in [1.807, 2.05) is 4.90 Å². The molecule has 0 radical (unpaired) electrons. The number of likely N-dealkylation sites (tertiary alicyclic amines) is 1. The summed E-state index contributed by atoms with van der Waals surface area (Å²) in [7, 11) is 0. The van der Waals surface area contributed by atoms with E-state index in [-0.39, 0.29) is 18.2 Å². The maximum absolute atomic E-state index is 12.4. The summed E-state index contributed by atoms with van der Waals surface area (Å²) in [5.74, 6) is 0.696. The van der Waals surface area contributed by atoms with Crippen LogP contribution in [-0.4, -0.2) is 49.4 Å². The van der Waals surface area contributed by atoms with E-state index in [0.717, 1.165) is 38.8 Å². The summed E-state index contributed by atoms with van der Waals surface area (Å²) in [6, 6.07) is 9.19. The number of carbonyl (C=O) groups is 1. The Labute approximate surface area is 142 Å². The molecular formula is C18H23N3O3. The first-order valence-corrected chi connectivity index (χ1v) is 8.57.